The van der Waals surface area contributed by atoms with Gasteiger partial charge in [-0.1, -0.05) is 32.9 Å². The summed E-state index contributed by atoms with van der Waals surface area (Å²) in [4.78, 5) is 4.23. The van der Waals surface area contributed by atoms with Crippen molar-refractivity contribution < 1.29 is 0 Å². The van der Waals surface area contributed by atoms with E-state index < -0.39 is 0 Å². The average molecular weight is 239 g/mol. The maximum Gasteiger partial charge on any atom is 0.0346 e. The lowest BCUT2D eigenvalue weighted by Gasteiger charge is -2.31. The van der Waals surface area contributed by atoms with Gasteiger partial charge in [-0.05, 0) is 53.2 Å². The molecule has 2 unspecified atom stereocenters. The fourth-order valence-electron chi connectivity index (χ4n) is 3.42. The highest BCUT2D eigenvalue weighted by Gasteiger charge is 2.40. The minimum Gasteiger partial charge on any atom is -0.264 e. The van der Waals surface area contributed by atoms with Gasteiger partial charge in [0.05, 0.1) is 0 Å². The minimum absolute atomic E-state index is 0.413. The first-order valence-corrected chi connectivity index (χ1v) is 6.92. The molecule has 0 amide bonds. The third kappa shape index (κ3) is 1.73. The molecule has 0 spiro atoms. The molecule has 2 aromatic rings. The van der Waals surface area contributed by atoms with Crippen molar-refractivity contribution in [2.45, 2.75) is 39.5 Å². The molecule has 1 aliphatic carbocycles. The van der Waals surface area contributed by atoms with E-state index in [9.17, 15) is 0 Å². The van der Waals surface area contributed by atoms with Crippen molar-refractivity contribution in [2.24, 2.45) is 11.3 Å². The first-order valence-electron chi connectivity index (χ1n) is 6.92. The van der Waals surface area contributed by atoms with Crippen LogP contribution in [0, 0.1) is 11.3 Å². The SMILES string of the molecule is CC1CCC(c2ccc3ccncc3c2)C1(C)C. The monoisotopic (exact) mass is 239 g/mol. The standard InChI is InChI=1S/C17H21N/c1-12-4-7-16(17(12,2)3)14-6-5-13-8-9-18-11-15(13)10-14/h5-6,8-12,16H,4,7H2,1-3H3. The number of nitrogens with zero attached hydrogens (tertiary/aromatic N) is 1. The van der Waals surface area contributed by atoms with E-state index in [4.69, 9.17) is 0 Å². The molecule has 3 rings (SSSR count). The molecular formula is C17H21N. The molecule has 1 aromatic heterocycles. The zero-order valence-electron chi connectivity index (χ0n) is 11.5. The van der Waals surface area contributed by atoms with E-state index in [1.165, 1.54) is 29.2 Å². The summed E-state index contributed by atoms with van der Waals surface area (Å²) in [7, 11) is 0. The van der Waals surface area contributed by atoms with Crippen molar-refractivity contribution >= 4 is 10.8 Å². The molecule has 94 valence electrons. The topological polar surface area (TPSA) is 12.9 Å². The average Bonchev–Trinajstić information content (AvgIpc) is 2.64. The van der Waals surface area contributed by atoms with Crippen LogP contribution in [0.1, 0.15) is 45.1 Å². The molecule has 1 heterocycles. The van der Waals surface area contributed by atoms with E-state index in [1.54, 1.807) is 0 Å². The van der Waals surface area contributed by atoms with E-state index in [0.29, 0.717) is 11.3 Å². The van der Waals surface area contributed by atoms with Gasteiger partial charge < -0.3 is 0 Å². The van der Waals surface area contributed by atoms with Crippen LogP contribution in [0.4, 0.5) is 0 Å². The van der Waals surface area contributed by atoms with Gasteiger partial charge in [-0.25, -0.2) is 0 Å². The van der Waals surface area contributed by atoms with Crippen LogP contribution >= 0.6 is 0 Å². The van der Waals surface area contributed by atoms with Gasteiger partial charge >= 0.3 is 0 Å². The van der Waals surface area contributed by atoms with Gasteiger partial charge in [0.2, 0.25) is 0 Å². The number of hydrogen-bond donors (Lipinski definition) is 0. The first-order chi connectivity index (χ1) is 8.59. The highest BCUT2D eigenvalue weighted by molar-refractivity contribution is 5.82. The van der Waals surface area contributed by atoms with E-state index in [1.807, 2.05) is 12.4 Å². The Morgan fingerprint density at radius 3 is 2.67 bits per heavy atom. The summed E-state index contributed by atoms with van der Waals surface area (Å²) in [6.07, 6.45) is 6.51. The highest BCUT2D eigenvalue weighted by Crippen LogP contribution is 2.52. The van der Waals surface area contributed by atoms with Crippen molar-refractivity contribution in [1.82, 2.24) is 4.98 Å². The number of hydrogen-bond acceptors (Lipinski definition) is 1. The predicted molar refractivity (Wildman–Crippen MR) is 76.7 cm³/mol. The van der Waals surface area contributed by atoms with E-state index in [-0.39, 0.29) is 0 Å². The van der Waals surface area contributed by atoms with E-state index in [0.717, 1.165) is 5.92 Å². The normalized spacial score (nSPS) is 26.6. The lowest BCUT2D eigenvalue weighted by Crippen LogP contribution is -2.21. The second-order valence-corrected chi connectivity index (χ2v) is 6.33. The third-order valence-corrected chi connectivity index (χ3v) is 5.12. The number of rotatable bonds is 1. The van der Waals surface area contributed by atoms with Gasteiger partial charge in [-0.15, -0.1) is 0 Å². The summed E-state index contributed by atoms with van der Waals surface area (Å²) >= 11 is 0. The zero-order valence-corrected chi connectivity index (χ0v) is 11.5. The summed E-state index contributed by atoms with van der Waals surface area (Å²) in [5.41, 5.74) is 1.90. The van der Waals surface area contributed by atoms with Crippen molar-refractivity contribution in [3.8, 4) is 0 Å². The number of benzene rings is 1. The molecule has 0 bridgehead atoms. The summed E-state index contributed by atoms with van der Waals surface area (Å²) in [6, 6.07) is 8.98. The molecule has 18 heavy (non-hydrogen) atoms. The molecule has 2 atom stereocenters. The Labute approximate surface area is 109 Å². The molecule has 1 fully saturated rings. The maximum absolute atomic E-state index is 4.23. The Bertz CT molecular complexity index is 571. The predicted octanol–water partition coefficient (Wildman–Crippen LogP) is 4.77. The summed E-state index contributed by atoms with van der Waals surface area (Å²) in [6.45, 7) is 7.23. The van der Waals surface area contributed by atoms with Crippen molar-refractivity contribution in [3.05, 3.63) is 42.2 Å². The number of fused-ring (bicyclic) bond motifs is 1. The maximum atomic E-state index is 4.23. The number of pyridine rings is 1. The second-order valence-electron chi connectivity index (χ2n) is 6.33. The smallest absolute Gasteiger partial charge is 0.0346 e. The lowest BCUT2D eigenvalue weighted by molar-refractivity contribution is 0.249. The Balaban J connectivity index is 2.05. The largest absolute Gasteiger partial charge is 0.264 e. The number of aromatic nitrogens is 1. The molecule has 1 aliphatic rings. The Morgan fingerprint density at radius 1 is 1.11 bits per heavy atom. The van der Waals surface area contributed by atoms with Gasteiger partial charge in [0.15, 0.2) is 0 Å². The van der Waals surface area contributed by atoms with Crippen LogP contribution in [0.2, 0.25) is 0 Å². The van der Waals surface area contributed by atoms with Gasteiger partial charge in [-0.2, -0.15) is 0 Å². The second kappa shape index (κ2) is 4.08. The van der Waals surface area contributed by atoms with Crippen molar-refractivity contribution in [1.29, 1.82) is 0 Å². The van der Waals surface area contributed by atoms with Crippen molar-refractivity contribution in [3.63, 3.8) is 0 Å². The Morgan fingerprint density at radius 2 is 1.94 bits per heavy atom. The van der Waals surface area contributed by atoms with Crippen molar-refractivity contribution in [2.75, 3.05) is 0 Å². The van der Waals surface area contributed by atoms with Crippen LogP contribution in [-0.2, 0) is 0 Å². The minimum atomic E-state index is 0.413. The highest BCUT2D eigenvalue weighted by atomic mass is 14.6. The summed E-state index contributed by atoms with van der Waals surface area (Å²) in [5.74, 6) is 1.50. The Kier molecular flexibility index (Phi) is 2.65. The van der Waals surface area contributed by atoms with E-state index >= 15 is 0 Å². The first kappa shape index (κ1) is 11.7. The van der Waals surface area contributed by atoms with Gasteiger partial charge in [-0.3, -0.25) is 4.98 Å². The van der Waals surface area contributed by atoms with Gasteiger partial charge in [0.1, 0.15) is 0 Å². The Hall–Kier alpha value is -1.37. The van der Waals surface area contributed by atoms with Crippen LogP contribution < -0.4 is 0 Å². The molecule has 0 N–H and O–H groups in total. The molecule has 1 heteroatoms. The van der Waals surface area contributed by atoms with Crippen LogP contribution in [0.25, 0.3) is 10.8 Å². The summed E-state index contributed by atoms with van der Waals surface area (Å²) < 4.78 is 0. The summed E-state index contributed by atoms with van der Waals surface area (Å²) in [5, 5.41) is 2.56. The molecule has 1 saturated carbocycles. The van der Waals surface area contributed by atoms with Crippen LogP contribution in [0.15, 0.2) is 36.7 Å². The lowest BCUT2D eigenvalue weighted by atomic mass is 9.73. The van der Waals surface area contributed by atoms with Gasteiger partial charge in [0, 0.05) is 17.8 Å². The quantitative estimate of drug-likeness (QED) is 0.698. The van der Waals surface area contributed by atoms with E-state index in [2.05, 4.69) is 50.0 Å². The molecule has 0 saturated heterocycles. The van der Waals surface area contributed by atoms with Crippen LogP contribution in [0.5, 0.6) is 0 Å². The van der Waals surface area contributed by atoms with Crippen LogP contribution in [-0.4, -0.2) is 4.98 Å². The zero-order chi connectivity index (χ0) is 12.8. The molecule has 0 aliphatic heterocycles. The van der Waals surface area contributed by atoms with Gasteiger partial charge in [0.25, 0.3) is 0 Å². The molecule has 1 nitrogen and oxygen atoms in total. The fourth-order valence-corrected chi connectivity index (χ4v) is 3.42. The molecule has 1 aromatic carbocycles. The van der Waals surface area contributed by atoms with Crippen LogP contribution in [0.3, 0.4) is 0 Å². The molecular weight excluding hydrogens is 218 g/mol. The third-order valence-electron chi connectivity index (χ3n) is 5.12. The molecule has 0 radical (unpaired) electrons. The fraction of sp³-hybridized carbons (Fsp3) is 0.471.